The van der Waals surface area contributed by atoms with Crippen LogP contribution in [-0.2, 0) is 11.2 Å². The number of ether oxygens (including phenoxy) is 1. The van der Waals surface area contributed by atoms with Crippen molar-refractivity contribution in [1.29, 1.82) is 0 Å². The third-order valence-electron chi connectivity index (χ3n) is 4.83. The van der Waals surface area contributed by atoms with Crippen LogP contribution in [0.5, 0.6) is 0 Å². The highest BCUT2D eigenvalue weighted by atomic mass is 16.5. The summed E-state index contributed by atoms with van der Waals surface area (Å²) in [5.74, 6) is 0. The minimum absolute atomic E-state index is 0.182. The van der Waals surface area contributed by atoms with Crippen LogP contribution in [-0.4, -0.2) is 13.2 Å². The van der Waals surface area contributed by atoms with Crippen LogP contribution in [0.15, 0.2) is 67.3 Å². The van der Waals surface area contributed by atoms with E-state index in [1.807, 2.05) is 6.08 Å². The molecule has 2 rings (SSSR count). The van der Waals surface area contributed by atoms with Gasteiger partial charge in [0.15, 0.2) is 0 Å². The fraction of sp³-hybridized carbons (Fsp3) is 0.417. The van der Waals surface area contributed by atoms with E-state index >= 15 is 0 Å². The number of hydrogen-bond donors (Lipinski definition) is 0. The summed E-state index contributed by atoms with van der Waals surface area (Å²) in [6, 6.07) is 8.74. The quantitative estimate of drug-likeness (QED) is 0.330. The summed E-state index contributed by atoms with van der Waals surface area (Å²) in [6.07, 6.45) is 22.1. The fourth-order valence-corrected chi connectivity index (χ4v) is 3.27. The van der Waals surface area contributed by atoms with Crippen LogP contribution < -0.4 is 0 Å². The second kappa shape index (κ2) is 10.9. The first kappa shape index (κ1) is 19.5. The number of benzene rings is 1. The van der Waals surface area contributed by atoms with E-state index in [9.17, 15) is 0 Å². The summed E-state index contributed by atoms with van der Waals surface area (Å²) in [5, 5.41) is 0. The maximum atomic E-state index is 5.94. The van der Waals surface area contributed by atoms with Crippen LogP contribution in [0, 0.1) is 5.41 Å². The van der Waals surface area contributed by atoms with Crippen molar-refractivity contribution in [2.75, 3.05) is 13.2 Å². The molecular formula is C24H32O. The summed E-state index contributed by atoms with van der Waals surface area (Å²) in [7, 11) is 0. The van der Waals surface area contributed by atoms with Crippen LogP contribution in [0.1, 0.15) is 50.2 Å². The Bertz CT molecular complexity index is 591. The summed E-state index contributed by atoms with van der Waals surface area (Å²) in [6.45, 7) is 7.50. The van der Waals surface area contributed by atoms with Gasteiger partial charge in [-0.3, -0.25) is 0 Å². The van der Waals surface area contributed by atoms with Crippen LogP contribution in [0.3, 0.4) is 0 Å². The molecule has 1 aliphatic rings. The molecule has 0 saturated carbocycles. The molecule has 0 fully saturated rings. The third-order valence-corrected chi connectivity index (χ3v) is 4.83. The second-order valence-corrected chi connectivity index (χ2v) is 6.90. The van der Waals surface area contributed by atoms with Gasteiger partial charge in [-0.1, -0.05) is 86.7 Å². The van der Waals surface area contributed by atoms with E-state index < -0.39 is 0 Å². The molecule has 0 amide bonds. The molecule has 0 heterocycles. The molecule has 0 aromatic heterocycles. The van der Waals surface area contributed by atoms with Gasteiger partial charge in [0.1, 0.15) is 0 Å². The standard InChI is InChI=1S/C24H32O/c1-3-5-11-20-25-21-24(17-8-6-9-18-24)19-10-7-12-23-15-13-22(4-2)14-16-23/h4-6,8-9,11,13-17H,2-3,7,10,12,18-21H2,1H3. The minimum atomic E-state index is 0.182. The van der Waals surface area contributed by atoms with Crippen molar-refractivity contribution in [3.63, 3.8) is 0 Å². The van der Waals surface area contributed by atoms with E-state index in [-0.39, 0.29) is 5.41 Å². The fourth-order valence-electron chi connectivity index (χ4n) is 3.27. The summed E-state index contributed by atoms with van der Waals surface area (Å²) >= 11 is 0. The van der Waals surface area contributed by atoms with E-state index in [4.69, 9.17) is 4.74 Å². The van der Waals surface area contributed by atoms with Gasteiger partial charge in [-0.2, -0.15) is 0 Å². The summed E-state index contributed by atoms with van der Waals surface area (Å²) in [5.41, 5.74) is 2.79. The van der Waals surface area contributed by atoms with Crippen molar-refractivity contribution >= 4 is 6.08 Å². The molecule has 0 saturated heterocycles. The molecule has 0 N–H and O–H groups in total. The highest BCUT2D eigenvalue weighted by Gasteiger charge is 2.26. The van der Waals surface area contributed by atoms with Crippen LogP contribution in [0.25, 0.3) is 6.08 Å². The smallest absolute Gasteiger partial charge is 0.0647 e. The predicted octanol–water partition coefficient (Wildman–Crippen LogP) is 6.53. The monoisotopic (exact) mass is 336 g/mol. The Morgan fingerprint density at radius 1 is 1.12 bits per heavy atom. The molecule has 1 unspecified atom stereocenters. The van der Waals surface area contributed by atoms with Crippen LogP contribution >= 0.6 is 0 Å². The zero-order chi connectivity index (χ0) is 17.8. The largest absolute Gasteiger partial charge is 0.376 e. The molecule has 1 aromatic carbocycles. The molecule has 1 nitrogen and oxygen atoms in total. The van der Waals surface area contributed by atoms with Gasteiger partial charge < -0.3 is 4.74 Å². The molecule has 0 radical (unpaired) electrons. The van der Waals surface area contributed by atoms with Gasteiger partial charge in [0.25, 0.3) is 0 Å². The van der Waals surface area contributed by atoms with Crippen molar-refractivity contribution in [1.82, 2.24) is 0 Å². The van der Waals surface area contributed by atoms with Gasteiger partial charge >= 0.3 is 0 Å². The van der Waals surface area contributed by atoms with E-state index in [2.05, 4.69) is 74.2 Å². The molecule has 0 aliphatic heterocycles. The molecule has 134 valence electrons. The van der Waals surface area contributed by atoms with Crippen molar-refractivity contribution in [3.05, 3.63) is 78.4 Å². The average molecular weight is 337 g/mol. The topological polar surface area (TPSA) is 9.23 Å². The first-order chi connectivity index (χ1) is 12.3. The van der Waals surface area contributed by atoms with E-state index in [0.29, 0.717) is 0 Å². The van der Waals surface area contributed by atoms with Crippen molar-refractivity contribution in [2.45, 2.75) is 45.4 Å². The maximum Gasteiger partial charge on any atom is 0.0647 e. The average Bonchev–Trinajstić information content (AvgIpc) is 2.66. The molecule has 0 spiro atoms. The third kappa shape index (κ3) is 6.88. The zero-order valence-electron chi connectivity index (χ0n) is 15.6. The molecule has 0 bridgehead atoms. The van der Waals surface area contributed by atoms with Crippen molar-refractivity contribution in [2.24, 2.45) is 5.41 Å². The predicted molar refractivity (Wildman–Crippen MR) is 110 cm³/mol. The SMILES string of the molecule is C=Cc1ccc(CCCCC2(COCC=CCC)C=CC=CC2)cc1. The highest BCUT2D eigenvalue weighted by molar-refractivity contribution is 5.47. The number of aryl methyl sites for hydroxylation is 1. The van der Waals surface area contributed by atoms with Gasteiger partial charge in [0.2, 0.25) is 0 Å². The molecular weight excluding hydrogens is 304 g/mol. The molecule has 1 aliphatic carbocycles. The Kier molecular flexibility index (Phi) is 8.48. The van der Waals surface area contributed by atoms with Gasteiger partial charge in [-0.15, -0.1) is 0 Å². The van der Waals surface area contributed by atoms with Crippen molar-refractivity contribution < 1.29 is 4.74 Å². The van der Waals surface area contributed by atoms with Gasteiger partial charge in [-0.05, 0) is 43.2 Å². The molecule has 1 heteroatoms. The lowest BCUT2D eigenvalue weighted by molar-refractivity contribution is 0.0806. The normalized spacial score (nSPS) is 19.6. The van der Waals surface area contributed by atoms with E-state index in [1.54, 1.807) is 0 Å². The van der Waals surface area contributed by atoms with Gasteiger partial charge in [-0.25, -0.2) is 0 Å². The highest BCUT2D eigenvalue weighted by Crippen LogP contribution is 2.34. The maximum absolute atomic E-state index is 5.94. The first-order valence-corrected chi connectivity index (χ1v) is 9.56. The van der Waals surface area contributed by atoms with Gasteiger partial charge in [0.05, 0.1) is 13.2 Å². The Hall–Kier alpha value is -1.86. The van der Waals surface area contributed by atoms with Crippen molar-refractivity contribution in [3.8, 4) is 0 Å². The second-order valence-electron chi connectivity index (χ2n) is 6.90. The lowest BCUT2D eigenvalue weighted by atomic mass is 9.78. The number of unbranched alkanes of at least 4 members (excludes halogenated alkanes) is 1. The lowest BCUT2D eigenvalue weighted by Crippen LogP contribution is -2.25. The number of allylic oxidation sites excluding steroid dienone is 4. The van der Waals surface area contributed by atoms with Gasteiger partial charge in [0, 0.05) is 5.41 Å². The molecule has 1 aromatic rings. The van der Waals surface area contributed by atoms with Crippen LogP contribution in [0.2, 0.25) is 0 Å². The molecule has 25 heavy (non-hydrogen) atoms. The Morgan fingerprint density at radius 3 is 2.64 bits per heavy atom. The number of hydrogen-bond acceptors (Lipinski definition) is 1. The lowest BCUT2D eigenvalue weighted by Gasteiger charge is -2.31. The van der Waals surface area contributed by atoms with Crippen LogP contribution in [0.4, 0.5) is 0 Å². The number of rotatable bonds is 11. The Morgan fingerprint density at radius 2 is 1.96 bits per heavy atom. The first-order valence-electron chi connectivity index (χ1n) is 9.56. The summed E-state index contributed by atoms with van der Waals surface area (Å²) in [4.78, 5) is 0. The van der Waals surface area contributed by atoms with E-state index in [1.165, 1.54) is 30.4 Å². The molecule has 1 atom stereocenters. The Balaban J connectivity index is 1.77. The Labute approximate surface area is 153 Å². The minimum Gasteiger partial charge on any atom is -0.376 e. The summed E-state index contributed by atoms with van der Waals surface area (Å²) < 4.78 is 5.94. The van der Waals surface area contributed by atoms with E-state index in [0.717, 1.165) is 32.5 Å². The zero-order valence-corrected chi connectivity index (χ0v) is 15.6.